The monoisotopic (exact) mass is 543 g/mol. The second kappa shape index (κ2) is 12.3. The van der Waals surface area contributed by atoms with Gasteiger partial charge in [0, 0.05) is 22.1 Å². The molecule has 0 amide bonds. The quantitative estimate of drug-likeness (QED) is 0.143. The molecule has 14 heteroatoms. The van der Waals surface area contributed by atoms with Gasteiger partial charge >= 0.3 is 5.97 Å². The number of azide groups is 1. The Balaban J connectivity index is 1.94. The minimum atomic E-state index is -2.59. The third kappa shape index (κ3) is 6.37. The molecule has 0 aromatic heterocycles. The molecular formula is C23H33N3O10S. The molecule has 3 rings (SSSR count). The van der Waals surface area contributed by atoms with Crippen LogP contribution in [0.2, 0.25) is 0 Å². The minimum absolute atomic E-state index is 0.584. The first-order chi connectivity index (χ1) is 17.4. The molecule has 6 N–H and O–H groups in total. The number of hydrogen-bond donors (Lipinski definition) is 6. The Kier molecular flexibility index (Phi) is 9.80. The first-order valence-corrected chi connectivity index (χ1v) is 12.7. The number of aliphatic hydroxyl groups is 5. The van der Waals surface area contributed by atoms with Gasteiger partial charge in [0.15, 0.2) is 0 Å². The Morgan fingerprint density at radius 1 is 1.30 bits per heavy atom. The van der Waals surface area contributed by atoms with Crippen molar-refractivity contribution in [3.8, 4) is 0 Å². The number of ether oxygens (including phenoxy) is 3. The summed E-state index contributed by atoms with van der Waals surface area (Å²) in [5.74, 6) is -5.01. The predicted octanol–water partition coefficient (Wildman–Crippen LogP) is 0.538. The van der Waals surface area contributed by atoms with E-state index in [1.165, 1.54) is 13.8 Å². The number of aryl methyl sites for hydroxylation is 1. The van der Waals surface area contributed by atoms with E-state index in [1.807, 2.05) is 19.1 Å². The van der Waals surface area contributed by atoms with Gasteiger partial charge in [0.1, 0.15) is 29.9 Å². The maximum atomic E-state index is 12.5. The maximum absolute atomic E-state index is 12.5. The SMILES string of the molecule is Cc1ccc(S[C@@H]2OC(CO)[C@H](O)[C@H](O[C@]3(C(=O)O)C[C@@H](O)[C@@H](C)C([C@H](N=[N+]=[N-])[C@@H](C)O)O3)C2O)cc1. The van der Waals surface area contributed by atoms with Gasteiger partial charge in [-0.05, 0) is 31.5 Å². The van der Waals surface area contributed by atoms with Gasteiger partial charge in [-0.15, -0.1) is 0 Å². The second-order valence-corrected chi connectivity index (χ2v) is 10.6. The molecule has 1 aromatic rings. The molecule has 2 aliphatic heterocycles. The van der Waals surface area contributed by atoms with Crippen LogP contribution in [0.3, 0.4) is 0 Å². The fraction of sp³-hybridized carbons (Fsp3) is 0.696. The van der Waals surface area contributed by atoms with Gasteiger partial charge in [-0.25, -0.2) is 4.79 Å². The van der Waals surface area contributed by atoms with Crippen LogP contribution in [-0.4, -0.2) is 103 Å². The molecule has 206 valence electrons. The fourth-order valence-electron chi connectivity index (χ4n) is 4.46. The summed E-state index contributed by atoms with van der Waals surface area (Å²) >= 11 is 1.09. The number of rotatable bonds is 9. The highest BCUT2D eigenvalue weighted by Crippen LogP contribution is 2.41. The molecular weight excluding hydrogens is 510 g/mol. The zero-order chi connectivity index (χ0) is 27.5. The fourth-order valence-corrected chi connectivity index (χ4v) is 5.51. The topological polar surface area (TPSA) is 215 Å². The average molecular weight is 544 g/mol. The van der Waals surface area contributed by atoms with Gasteiger partial charge in [0.25, 0.3) is 5.79 Å². The van der Waals surface area contributed by atoms with Crippen LogP contribution in [0, 0.1) is 12.8 Å². The zero-order valence-electron chi connectivity index (χ0n) is 20.6. The molecule has 13 nitrogen and oxygen atoms in total. The van der Waals surface area contributed by atoms with Crippen molar-refractivity contribution < 1.29 is 49.6 Å². The van der Waals surface area contributed by atoms with Crippen LogP contribution in [0.4, 0.5) is 0 Å². The highest BCUT2D eigenvalue weighted by atomic mass is 32.2. The van der Waals surface area contributed by atoms with Crippen molar-refractivity contribution in [2.45, 2.75) is 92.1 Å². The first-order valence-electron chi connectivity index (χ1n) is 11.8. The molecule has 2 heterocycles. The lowest BCUT2D eigenvalue weighted by molar-refractivity contribution is -0.346. The highest BCUT2D eigenvalue weighted by Gasteiger charge is 2.58. The van der Waals surface area contributed by atoms with Crippen molar-refractivity contribution >= 4 is 17.7 Å². The van der Waals surface area contributed by atoms with Gasteiger partial charge < -0.3 is 44.8 Å². The summed E-state index contributed by atoms with van der Waals surface area (Å²) in [4.78, 5) is 15.9. The Morgan fingerprint density at radius 3 is 2.49 bits per heavy atom. The third-order valence-electron chi connectivity index (χ3n) is 6.69. The van der Waals surface area contributed by atoms with Crippen LogP contribution in [0.25, 0.3) is 10.4 Å². The summed E-state index contributed by atoms with van der Waals surface area (Å²) in [6, 6.07) is 6.02. The van der Waals surface area contributed by atoms with Gasteiger partial charge in [0.05, 0.1) is 31.0 Å². The largest absolute Gasteiger partial charge is 0.477 e. The molecule has 0 bridgehead atoms. The van der Waals surface area contributed by atoms with Crippen LogP contribution in [0.5, 0.6) is 0 Å². The number of carboxylic acids is 1. The highest BCUT2D eigenvalue weighted by molar-refractivity contribution is 7.99. The lowest BCUT2D eigenvalue weighted by atomic mass is 9.83. The Hall–Kier alpha value is -1.97. The smallest absolute Gasteiger partial charge is 0.364 e. The van der Waals surface area contributed by atoms with E-state index in [-0.39, 0.29) is 0 Å². The van der Waals surface area contributed by atoms with E-state index in [1.54, 1.807) is 12.1 Å². The molecule has 0 aliphatic carbocycles. The number of aliphatic carboxylic acids is 1. The van der Waals surface area contributed by atoms with Gasteiger partial charge in [0.2, 0.25) is 0 Å². The Morgan fingerprint density at radius 2 is 1.95 bits per heavy atom. The second-order valence-electron chi connectivity index (χ2n) is 9.43. The van der Waals surface area contributed by atoms with Crippen LogP contribution in [0.15, 0.2) is 34.3 Å². The van der Waals surface area contributed by atoms with E-state index >= 15 is 0 Å². The maximum Gasteiger partial charge on any atom is 0.364 e. The average Bonchev–Trinajstić information content (AvgIpc) is 2.85. The molecule has 2 aliphatic rings. The molecule has 1 aromatic carbocycles. The predicted molar refractivity (Wildman–Crippen MR) is 129 cm³/mol. The van der Waals surface area contributed by atoms with Crippen molar-refractivity contribution in [2.75, 3.05) is 6.61 Å². The van der Waals surface area contributed by atoms with Crippen LogP contribution >= 0.6 is 11.8 Å². The molecule has 37 heavy (non-hydrogen) atoms. The van der Waals surface area contributed by atoms with E-state index in [2.05, 4.69) is 10.0 Å². The van der Waals surface area contributed by atoms with E-state index in [9.17, 15) is 35.4 Å². The van der Waals surface area contributed by atoms with Crippen molar-refractivity contribution in [1.29, 1.82) is 0 Å². The number of hydrogen-bond acceptors (Lipinski definition) is 11. The van der Waals surface area contributed by atoms with Gasteiger partial charge in [-0.3, -0.25) is 0 Å². The van der Waals surface area contributed by atoms with Crippen molar-refractivity contribution in [3.63, 3.8) is 0 Å². The molecule has 2 saturated heterocycles. The molecule has 0 spiro atoms. The van der Waals surface area contributed by atoms with Crippen LogP contribution in [-0.2, 0) is 19.0 Å². The molecule has 2 fully saturated rings. The zero-order valence-corrected chi connectivity index (χ0v) is 21.4. The summed E-state index contributed by atoms with van der Waals surface area (Å²) in [5.41, 5.74) is 8.89. The Labute approximate surface area is 217 Å². The van der Waals surface area contributed by atoms with Crippen molar-refractivity contribution in [2.24, 2.45) is 11.0 Å². The van der Waals surface area contributed by atoms with Crippen molar-refractivity contribution in [3.05, 3.63) is 40.3 Å². The molecule has 11 atom stereocenters. The summed E-state index contributed by atoms with van der Waals surface area (Å²) in [7, 11) is 0. The van der Waals surface area contributed by atoms with E-state index in [4.69, 9.17) is 19.7 Å². The van der Waals surface area contributed by atoms with Crippen LogP contribution < -0.4 is 0 Å². The number of aliphatic hydroxyl groups excluding tert-OH is 5. The van der Waals surface area contributed by atoms with Gasteiger partial charge in [-0.1, -0.05) is 41.5 Å². The standard InChI is InChI=1S/C23H33N3O10S/c1-10-4-6-13(7-5-10)37-21-18(31)20(17(30)15(9-27)34-21)36-23(22(32)33)8-14(29)11(2)19(35-23)16(12(3)28)25-26-24/h4-7,11-12,14-21,27-31H,8-9H2,1-3H3,(H,32,33)/t11-,12-,14-,15?,16-,17+,18?,19?,20+,21+,23+/m1/s1. The van der Waals surface area contributed by atoms with E-state index in [0.29, 0.717) is 4.90 Å². The van der Waals surface area contributed by atoms with Crippen molar-refractivity contribution in [1.82, 2.24) is 0 Å². The number of benzene rings is 1. The normalized spacial score (nSPS) is 37.8. The van der Waals surface area contributed by atoms with E-state index in [0.717, 1.165) is 17.3 Å². The number of carboxylic acid groups (broad SMARTS) is 1. The number of carbonyl (C=O) groups is 1. The summed E-state index contributed by atoms with van der Waals surface area (Å²) in [6.45, 7) is 4.12. The number of nitrogens with zero attached hydrogens (tertiary/aromatic N) is 3. The summed E-state index contributed by atoms with van der Waals surface area (Å²) in [6.07, 6.45) is -10.5. The molecule has 3 unspecified atom stereocenters. The Bertz CT molecular complexity index is 978. The van der Waals surface area contributed by atoms with Gasteiger partial charge in [-0.2, -0.15) is 0 Å². The minimum Gasteiger partial charge on any atom is -0.477 e. The third-order valence-corrected chi connectivity index (χ3v) is 7.86. The molecule has 0 saturated carbocycles. The van der Waals surface area contributed by atoms with Crippen LogP contribution in [0.1, 0.15) is 25.8 Å². The first kappa shape index (κ1) is 29.6. The lowest BCUT2D eigenvalue weighted by Crippen LogP contribution is -2.66. The van der Waals surface area contributed by atoms with E-state index < -0.39 is 84.9 Å². The molecule has 0 radical (unpaired) electrons. The lowest BCUT2D eigenvalue weighted by Gasteiger charge is -2.49. The summed E-state index contributed by atoms with van der Waals surface area (Å²) < 4.78 is 17.2. The summed E-state index contributed by atoms with van der Waals surface area (Å²) in [5, 5.41) is 66.2. The number of thioether (sulfide) groups is 1.